The number of nitrogens with one attached hydrogen (secondary N) is 1. The molecule has 2 fully saturated rings. The van der Waals surface area contributed by atoms with E-state index < -0.39 is 36.6 Å². The molecule has 0 aliphatic carbocycles. The van der Waals surface area contributed by atoms with Crippen LogP contribution < -0.4 is 10.2 Å². The minimum absolute atomic E-state index is 0.0797. The number of carbonyl (C=O) groups excluding carboxylic acids is 1. The van der Waals surface area contributed by atoms with E-state index in [4.69, 9.17) is 4.74 Å². The van der Waals surface area contributed by atoms with Gasteiger partial charge < -0.3 is 15.0 Å². The average Bonchev–Trinajstić information content (AvgIpc) is 3.33. The van der Waals surface area contributed by atoms with Gasteiger partial charge in [0.15, 0.2) is 11.9 Å². The molecule has 32 heavy (non-hydrogen) atoms. The van der Waals surface area contributed by atoms with Crippen molar-refractivity contribution in [2.45, 2.75) is 43.9 Å². The molecule has 1 N–H and O–H groups in total. The summed E-state index contributed by atoms with van der Waals surface area (Å²) in [7, 11) is 0. The summed E-state index contributed by atoms with van der Waals surface area (Å²) in [6, 6.07) is 4.11. The van der Waals surface area contributed by atoms with Gasteiger partial charge in [0.2, 0.25) is 11.9 Å². The number of rotatable bonds is 4. The van der Waals surface area contributed by atoms with E-state index in [-0.39, 0.29) is 49.4 Å². The lowest BCUT2D eigenvalue weighted by Crippen LogP contribution is -2.50. The lowest BCUT2D eigenvalue weighted by Gasteiger charge is -2.34. The van der Waals surface area contributed by atoms with Crippen LogP contribution in [0.15, 0.2) is 24.3 Å². The van der Waals surface area contributed by atoms with Gasteiger partial charge in [0, 0.05) is 13.0 Å². The molecule has 1 aromatic carbocycles. The Labute approximate surface area is 178 Å². The van der Waals surface area contributed by atoms with E-state index in [2.05, 4.69) is 15.5 Å². The maximum atomic E-state index is 13.2. The number of alkyl halides is 6. The smallest absolute Gasteiger partial charge is 0.365 e. The number of morpholine rings is 1. The largest absolute Gasteiger partial charge is 0.416 e. The van der Waals surface area contributed by atoms with Crippen molar-refractivity contribution in [3.63, 3.8) is 0 Å². The molecule has 2 unspecified atom stereocenters. The van der Waals surface area contributed by atoms with Crippen LogP contribution in [-0.4, -0.2) is 52.6 Å². The molecule has 0 saturated carbocycles. The van der Waals surface area contributed by atoms with Crippen LogP contribution in [0.1, 0.15) is 35.8 Å². The number of nitrogens with zero attached hydrogens (tertiary/aromatic N) is 4. The van der Waals surface area contributed by atoms with E-state index in [1.807, 2.05) is 0 Å². The third-order valence-corrected chi connectivity index (χ3v) is 5.38. The molecule has 2 saturated heterocycles. The highest BCUT2D eigenvalue weighted by atomic mass is 19.4. The van der Waals surface area contributed by atoms with E-state index >= 15 is 0 Å². The van der Waals surface area contributed by atoms with E-state index in [1.165, 1.54) is 21.6 Å². The number of amides is 1. The Bertz CT molecular complexity index is 989. The van der Waals surface area contributed by atoms with Crippen LogP contribution in [0.4, 0.5) is 32.3 Å². The number of halogens is 6. The summed E-state index contributed by atoms with van der Waals surface area (Å²) in [5, 5.41) is 10.8. The summed E-state index contributed by atoms with van der Waals surface area (Å²) in [6.07, 6.45) is -10.5. The summed E-state index contributed by atoms with van der Waals surface area (Å²) in [4.78, 5) is 13.0. The van der Waals surface area contributed by atoms with Crippen LogP contribution in [0.25, 0.3) is 0 Å². The lowest BCUT2D eigenvalue weighted by atomic mass is 10.1. The molecule has 0 radical (unpaired) electrons. The van der Waals surface area contributed by atoms with Crippen LogP contribution >= 0.6 is 0 Å². The molecule has 174 valence electrons. The van der Waals surface area contributed by atoms with Crippen LogP contribution in [-0.2, 0) is 22.3 Å². The molecule has 2 aromatic rings. The normalized spacial score (nSPS) is 22.3. The molecule has 1 aromatic heterocycles. The highest BCUT2D eigenvalue weighted by Crippen LogP contribution is 2.32. The van der Waals surface area contributed by atoms with Crippen molar-refractivity contribution < 1.29 is 35.9 Å². The number of anilines is 1. The van der Waals surface area contributed by atoms with Crippen molar-refractivity contribution in [1.82, 2.24) is 20.1 Å². The highest BCUT2D eigenvalue weighted by molar-refractivity contribution is 5.78. The maximum Gasteiger partial charge on any atom is 0.416 e. The fourth-order valence-corrected chi connectivity index (χ4v) is 3.82. The zero-order valence-corrected chi connectivity index (χ0v) is 16.6. The van der Waals surface area contributed by atoms with Gasteiger partial charge in [0.1, 0.15) is 0 Å². The standard InChI is InChI=1S/C19H19F6N5O2/c20-18(21,22)12-3-1-2-11(8-12)9-30-16(13-4-5-15(31)26-13)27-28-17(30)29-6-7-32-14(10-29)19(23,24)25/h1-3,8,13-14H,4-7,9-10H2,(H,26,31). The van der Waals surface area contributed by atoms with Crippen LogP contribution in [0.2, 0.25) is 0 Å². The molecule has 13 heteroatoms. The number of benzene rings is 1. The van der Waals surface area contributed by atoms with Gasteiger partial charge in [-0.3, -0.25) is 9.36 Å². The summed E-state index contributed by atoms with van der Waals surface area (Å²) in [6.45, 7) is -0.732. The number of ether oxygens (including phenoxy) is 1. The van der Waals surface area contributed by atoms with Gasteiger partial charge in [-0.2, -0.15) is 26.3 Å². The molecule has 3 heterocycles. The topological polar surface area (TPSA) is 72.3 Å². The first-order valence-electron chi connectivity index (χ1n) is 9.84. The van der Waals surface area contributed by atoms with Crippen LogP contribution in [0, 0.1) is 0 Å². The summed E-state index contributed by atoms with van der Waals surface area (Å²) < 4.78 is 85.2. The Hall–Kier alpha value is -2.83. The highest BCUT2D eigenvalue weighted by Gasteiger charge is 2.44. The first-order valence-corrected chi connectivity index (χ1v) is 9.84. The van der Waals surface area contributed by atoms with Crippen molar-refractivity contribution in [3.8, 4) is 0 Å². The minimum Gasteiger partial charge on any atom is -0.365 e. The van der Waals surface area contributed by atoms with Gasteiger partial charge in [-0.25, -0.2) is 0 Å². The zero-order valence-electron chi connectivity index (χ0n) is 16.6. The Balaban J connectivity index is 1.69. The number of hydrogen-bond donors (Lipinski definition) is 1. The molecule has 7 nitrogen and oxygen atoms in total. The monoisotopic (exact) mass is 463 g/mol. The molecule has 0 bridgehead atoms. The SMILES string of the molecule is O=C1CCC(c2nnc(N3CCOC(C(F)(F)F)C3)n2Cc2cccc(C(F)(F)F)c2)N1. The molecule has 1 amide bonds. The van der Waals surface area contributed by atoms with Gasteiger partial charge in [-0.15, -0.1) is 10.2 Å². The fourth-order valence-electron chi connectivity index (χ4n) is 3.82. The van der Waals surface area contributed by atoms with Gasteiger partial charge in [0.25, 0.3) is 0 Å². The predicted octanol–water partition coefficient (Wildman–Crippen LogP) is 3.06. The van der Waals surface area contributed by atoms with Crippen molar-refractivity contribution in [2.75, 3.05) is 24.6 Å². The number of aromatic nitrogens is 3. The average molecular weight is 463 g/mol. The second-order valence-corrected chi connectivity index (χ2v) is 7.65. The molecule has 2 aliphatic heterocycles. The summed E-state index contributed by atoms with van der Waals surface area (Å²) >= 11 is 0. The number of hydrogen-bond acceptors (Lipinski definition) is 5. The minimum atomic E-state index is -4.58. The van der Waals surface area contributed by atoms with Crippen molar-refractivity contribution >= 4 is 11.9 Å². The van der Waals surface area contributed by atoms with Crippen LogP contribution in [0.5, 0.6) is 0 Å². The predicted molar refractivity (Wildman–Crippen MR) is 98.7 cm³/mol. The quantitative estimate of drug-likeness (QED) is 0.706. The van der Waals surface area contributed by atoms with Gasteiger partial charge in [-0.1, -0.05) is 12.1 Å². The molecule has 4 rings (SSSR count). The van der Waals surface area contributed by atoms with Gasteiger partial charge in [0.05, 0.1) is 31.3 Å². The fraction of sp³-hybridized carbons (Fsp3) is 0.526. The number of carbonyl (C=O) groups is 1. The Kier molecular flexibility index (Phi) is 5.77. The second-order valence-electron chi connectivity index (χ2n) is 7.65. The Morgan fingerprint density at radius 3 is 2.59 bits per heavy atom. The molecular weight excluding hydrogens is 444 g/mol. The molecule has 0 spiro atoms. The van der Waals surface area contributed by atoms with E-state index in [0.717, 1.165) is 12.1 Å². The molecule has 2 aliphatic rings. The van der Waals surface area contributed by atoms with Crippen molar-refractivity contribution in [1.29, 1.82) is 0 Å². The summed E-state index contributed by atoms with van der Waals surface area (Å²) in [5.41, 5.74) is -0.573. The first kappa shape index (κ1) is 22.4. The lowest BCUT2D eigenvalue weighted by molar-refractivity contribution is -0.221. The van der Waals surface area contributed by atoms with Crippen LogP contribution in [0.3, 0.4) is 0 Å². The second kappa shape index (κ2) is 8.26. The van der Waals surface area contributed by atoms with Crippen molar-refractivity contribution in [3.05, 3.63) is 41.2 Å². The van der Waals surface area contributed by atoms with E-state index in [0.29, 0.717) is 6.42 Å². The Morgan fingerprint density at radius 1 is 1.16 bits per heavy atom. The molecule has 2 atom stereocenters. The third kappa shape index (κ3) is 4.66. The Morgan fingerprint density at radius 2 is 1.94 bits per heavy atom. The van der Waals surface area contributed by atoms with Gasteiger partial charge in [-0.05, 0) is 24.1 Å². The van der Waals surface area contributed by atoms with E-state index in [1.54, 1.807) is 0 Å². The van der Waals surface area contributed by atoms with E-state index in [9.17, 15) is 31.1 Å². The van der Waals surface area contributed by atoms with Gasteiger partial charge >= 0.3 is 12.4 Å². The first-order chi connectivity index (χ1) is 15.0. The summed E-state index contributed by atoms with van der Waals surface area (Å²) in [5.74, 6) is 0.142. The van der Waals surface area contributed by atoms with Crippen molar-refractivity contribution in [2.24, 2.45) is 0 Å². The maximum absolute atomic E-state index is 13.2. The third-order valence-electron chi connectivity index (χ3n) is 5.38. The zero-order chi connectivity index (χ0) is 23.1. The molecular formula is C19H19F6N5O2.